The number of rotatable bonds is 3. The molecule has 0 spiro atoms. The van der Waals surface area contributed by atoms with Crippen molar-refractivity contribution in [3.63, 3.8) is 0 Å². The summed E-state index contributed by atoms with van der Waals surface area (Å²) < 4.78 is 0. The highest BCUT2D eigenvalue weighted by molar-refractivity contribution is 6.35. The third-order valence-corrected chi connectivity index (χ3v) is 3.58. The molecule has 1 aromatic carbocycles. The predicted molar refractivity (Wildman–Crippen MR) is 77.8 cm³/mol. The van der Waals surface area contributed by atoms with Gasteiger partial charge in [-0.25, -0.2) is 0 Å². The van der Waals surface area contributed by atoms with Crippen molar-refractivity contribution < 1.29 is 4.79 Å². The second kappa shape index (κ2) is 5.68. The van der Waals surface area contributed by atoms with Gasteiger partial charge in [-0.1, -0.05) is 29.3 Å². The maximum atomic E-state index is 12.2. The van der Waals surface area contributed by atoms with E-state index in [1.807, 2.05) is 6.92 Å². The Labute approximate surface area is 125 Å². The standard InChI is InChI=1S/C12H13Cl2N5O/c1-6(8-4-3-7(13)5-9(8)14)19(2)11(20)10-16-12(15)18-17-10/h3-6H,1-2H3,(H3,15,16,17,18). The number of H-pyrrole nitrogens is 1. The minimum atomic E-state index is -0.326. The molecular weight excluding hydrogens is 301 g/mol. The van der Waals surface area contributed by atoms with Crippen molar-refractivity contribution in [3.05, 3.63) is 39.6 Å². The van der Waals surface area contributed by atoms with Crippen molar-refractivity contribution in [3.8, 4) is 0 Å². The number of nitrogen functional groups attached to an aromatic ring is 1. The zero-order valence-electron chi connectivity index (χ0n) is 10.9. The van der Waals surface area contributed by atoms with Crippen molar-refractivity contribution in [1.29, 1.82) is 0 Å². The van der Waals surface area contributed by atoms with Crippen LogP contribution < -0.4 is 5.73 Å². The average Bonchev–Trinajstić information content (AvgIpc) is 2.83. The van der Waals surface area contributed by atoms with Crippen LogP contribution in [0.15, 0.2) is 18.2 Å². The molecule has 2 rings (SSSR count). The smallest absolute Gasteiger partial charge is 0.291 e. The fourth-order valence-corrected chi connectivity index (χ4v) is 2.33. The Morgan fingerprint density at radius 3 is 2.70 bits per heavy atom. The van der Waals surface area contributed by atoms with Crippen LogP contribution in [0.2, 0.25) is 10.0 Å². The third kappa shape index (κ3) is 2.86. The number of anilines is 1. The van der Waals surface area contributed by atoms with Crippen LogP contribution in [0.25, 0.3) is 0 Å². The molecule has 2 aromatic rings. The first-order chi connectivity index (χ1) is 9.40. The molecular formula is C12H13Cl2N5O. The Hall–Kier alpha value is -1.79. The van der Waals surface area contributed by atoms with E-state index in [-0.39, 0.29) is 23.7 Å². The molecule has 8 heteroatoms. The van der Waals surface area contributed by atoms with E-state index in [9.17, 15) is 4.79 Å². The maximum Gasteiger partial charge on any atom is 0.291 e. The Morgan fingerprint density at radius 1 is 1.45 bits per heavy atom. The quantitative estimate of drug-likeness (QED) is 0.911. The number of carbonyl (C=O) groups is 1. The van der Waals surface area contributed by atoms with Gasteiger partial charge in [0.15, 0.2) is 0 Å². The van der Waals surface area contributed by atoms with Crippen molar-refractivity contribution in [2.24, 2.45) is 0 Å². The molecule has 3 N–H and O–H groups in total. The van der Waals surface area contributed by atoms with E-state index in [0.717, 1.165) is 5.56 Å². The minimum Gasteiger partial charge on any atom is -0.366 e. The summed E-state index contributed by atoms with van der Waals surface area (Å²) in [5.41, 5.74) is 6.18. The molecule has 20 heavy (non-hydrogen) atoms. The number of hydrogen-bond donors (Lipinski definition) is 2. The molecule has 0 fully saturated rings. The molecule has 0 bridgehead atoms. The SMILES string of the molecule is CC(c1ccc(Cl)cc1Cl)N(C)C(=O)c1nc(N)n[nH]1. The highest BCUT2D eigenvalue weighted by Crippen LogP contribution is 2.29. The largest absolute Gasteiger partial charge is 0.366 e. The number of benzene rings is 1. The molecule has 0 saturated carbocycles. The van der Waals surface area contributed by atoms with E-state index in [4.69, 9.17) is 28.9 Å². The highest BCUT2D eigenvalue weighted by Gasteiger charge is 2.23. The van der Waals surface area contributed by atoms with Gasteiger partial charge in [-0.2, -0.15) is 4.98 Å². The van der Waals surface area contributed by atoms with Gasteiger partial charge in [0.1, 0.15) is 0 Å². The normalized spacial score (nSPS) is 12.2. The van der Waals surface area contributed by atoms with Crippen molar-refractivity contribution >= 4 is 35.1 Å². The predicted octanol–water partition coefficient (Wildman–Crippen LogP) is 2.53. The van der Waals surface area contributed by atoms with Gasteiger partial charge in [0.05, 0.1) is 6.04 Å². The lowest BCUT2D eigenvalue weighted by Crippen LogP contribution is -2.30. The number of amides is 1. The van der Waals surface area contributed by atoms with Gasteiger partial charge in [-0.3, -0.25) is 9.89 Å². The number of halogens is 2. The summed E-state index contributed by atoms with van der Waals surface area (Å²) in [5.74, 6) is -0.214. The summed E-state index contributed by atoms with van der Waals surface area (Å²) in [7, 11) is 1.65. The molecule has 0 aliphatic rings. The van der Waals surface area contributed by atoms with E-state index in [2.05, 4.69) is 15.2 Å². The molecule has 0 radical (unpaired) electrons. The number of nitrogens with two attached hydrogens (primary N) is 1. The Balaban J connectivity index is 2.24. The first-order valence-electron chi connectivity index (χ1n) is 5.80. The Kier molecular flexibility index (Phi) is 4.15. The third-order valence-electron chi connectivity index (χ3n) is 3.02. The maximum absolute atomic E-state index is 12.2. The summed E-state index contributed by atoms with van der Waals surface area (Å²) in [6, 6.07) is 4.90. The van der Waals surface area contributed by atoms with Crippen LogP contribution in [0, 0.1) is 0 Å². The monoisotopic (exact) mass is 313 g/mol. The van der Waals surface area contributed by atoms with Crippen molar-refractivity contribution in [1.82, 2.24) is 20.1 Å². The van der Waals surface area contributed by atoms with E-state index in [1.54, 1.807) is 25.2 Å². The lowest BCUT2D eigenvalue weighted by atomic mass is 10.1. The first kappa shape index (κ1) is 14.6. The van der Waals surface area contributed by atoms with Crippen molar-refractivity contribution in [2.45, 2.75) is 13.0 Å². The number of aromatic amines is 1. The van der Waals surface area contributed by atoms with Gasteiger partial charge in [-0.15, -0.1) is 5.10 Å². The molecule has 1 atom stereocenters. The first-order valence-corrected chi connectivity index (χ1v) is 6.55. The van der Waals surface area contributed by atoms with Crippen LogP contribution in [-0.2, 0) is 0 Å². The molecule has 6 nitrogen and oxygen atoms in total. The topological polar surface area (TPSA) is 87.9 Å². The van der Waals surface area contributed by atoms with Crippen LogP contribution in [-0.4, -0.2) is 33.0 Å². The van der Waals surface area contributed by atoms with Crippen LogP contribution in [0.3, 0.4) is 0 Å². The van der Waals surface area contributed by atoms with Gasteiger partial charge in [0, 0.05) is 17.1 Å². The van der Waals surface area contributed by atoms with Crippen LogP contribution in [0.1, 0.15) is 29.1 Å². The summed E-state index contributed by atoms with van der Waals surface area (Å²) in [6.07, 6.45) is 0. The second-order valence-electron chi connectivity index (χ2n) is 4.30. The summed E-state index contributed by atoms with van der Waals surface area (Å²) in [4.78, 5) is 17.5. The molecule has 1 unspecified atom stereocenters. The molecule has 0 aliphatic carbocycles. The van der Waals surface area contributed by atoms with Gasteiger partial charge >= 0.3 is 0 Å². The number of hydrogen-bond acceptors (Lipinski definition) is 4. The van der Waals surface area contributed by atoms with Crippen LogP contribution in [0.4, 0.5) is 5.95 Å². The van der Waals surface area contributed by atoms with Crippen molar-refractivity contribution in [2.75, 3.05) is 12.8 Å². The fraction of sp³-hybridized carbons (Fsp3) is 0.250. The summed E-state index contributed by atoms with van der Waals surface area (Å²) >= 11 is 12.0. The van der Waals surface area contributed by atoms with Gasteiger partial charge < -0.3 is 10.6 Å². The highest BCUT2D eigenvalue weighted by atomic mass is 35.5. The van der Waals surface area contributed by atoms with Gasteiger partial charge in [0.25, 0.3) is 5.91 Å². The lowest BCUT2D eigenvalue weighted by Gasteiger charge is -2.25. The molecule has 1 heterocycles. The average molecular weight is 314 g/mol. The molecule has 1 amide bonds. The Bertz CT molecular complexity index is 643. The van der Waals surface area contributed by atoms with Crippen LogP contribution in [0.5, 0.6) is 0 Å². The number of nitrogens with one attached hydrogen (secondary N) is 1. The summed E-state index contributed by atoms with van der Waals surface area (Å²) in [5, 5.41) is 7.16. The lowest BCUT2D eigenvalue weighted by molar-refractivity contribution is 0.0731. The van der Waals surface area contributed by atoms with Crippen LogP contribution >= 0.6 is 23.2 Å². The summed E-state index contributed by atoms with van der Waals surface area (Å²) in [6.45, 7) is 1.85. The van der Waals surface area contributed by atoms with E-state index in [1.165, 1.54) is 4.90 Å². The number of carbonyl (C=O) groups excluding carboxylic acids is 1. The minimum absolute atomic E-state index is 0.0268. The molecule has 0 aliphatic heterocycles. The van der Waals surface area contributed by atoms with E-state index in [0.29, 0.717) is 10.0 Å². The van der Waals surface area contributed by atoms with Gasteiger partial charge in [0.2, 0.25) is 11.8 Å². The number of nitrogens with zero attached hydrogens (tertiary/aromatic N) is 3. The molecule has 1 aromatic heterocycles. The Morgan fingerprint density at radius 2 is 2.15 bits per heavy atom. The zero-order chi connectivity index (χ0) is 14.9. The number of aromatic nitrogens is 3. The van der Waals surface area contributed by atoms with E-state index < -0.39 is 0 Å². The van der Waals surface area contributed by atoms with E-state index >= 15 is 0 Å². The molecule has 106 valence electrons. The second-order valence-corrected chi connectivity index (χ2v) is 5.14. The zero-order valence-corrected chi connectivity index (χ0v) is 12.4. The molecule has 0 saturated heterocycles. The van der Waals surface area contributed by atoms with Gasteiger partial charge in [-0.05, 0) is 24.6 Å². The fourth-order valence-electron chi connectivity index (χ4n) is 1.76.